The maximum absolute atomic E-state index is 10.5. The van der Waals surface area contributed by atoms with Gasteiger partial charge in [-0.2, -0.15) is 9.78 Å². The van der Waals surface area contributed by atoms with Crippen molar-refractivity contribution in [1.82, 2.24) is 9.78 Å². The van der Waals surface area contributed by atoms with Gasteiger partial charge in [-0.3, -0.25) is 4.79 Å². The summed E-state index contributed by atoms with van der Waals surface area (Å²) in [6.45, 7) is 3.59. The Bertz CT molecular complexity index is 267. The van der Waals surface area contributed by atoms with Gasteiger partial charge in [0.25, 0.3) is 0 Å². The second-order valence-corrected chi connectivity index (χ2v) is 2.42. The first-order valence-electron chi connectivity index (χ1n) is 2.84. The van der Waals surface area contributed by atoms with Crippen molar-refractivity contribution in [1.29, 1.82) is 0 Å². The van der Waals surface area contributed by atoms with Crippen molar-refractivity contribution in [2.45, 2.75) is 13.8 Å². The number of hydrogen-bond acceptors (Lipinski definition) is 2. The van der Waals surface area contributed by atoms with E-state index in [0.29, 0.717) is 0 Å². The molecule has 0 saturated carbocycles. The van der Waals surface area contributed by atoms with Crippen molar-refractivity contribution in [3.8, 4) is 0 Å². The average molecular weight is 159 g/mol. The molecular formula is C6H7ClN2O. The van der Waals surface area contributed by atoms with Crippen molar-refractivity contribution in [3.63, 3.8) is 0 Å². The predicted octanol–water partition coefficient (Wildman–Crippen LogP) is 1.71. The van der Waals surface area contributed by atoms with E-state index in [1.165, 1.54) is 0 Å². The van der Waals surface area contributed by atoms with Gasteiger partial charge in [0.05, 0.1) is 5.69 Å². The number of rotatable bonds is 0. The first-order valence-corrected chi connectivity index (χ1v) is 3.22. The molecule has 0 saturated heterocycles. The molecule has 0 aliphatic heterocycles. The van der Waals surface area contributed by atoms with Crippen LogP contribution in [0.15, 0.2) is 6.07 Å². The maximum Gasteiger partial charge on any atom is 0.341 e. The van der Waals surface area contributed by atoms with Crippen LogP contribution in [-0.2, 0) is 0 Å². The molecule has 0 N–H and O–H groups in total. The van der Waals surface area contributed by atoms with E-state index in [9.17, 15) is 4.79 Å². The highest BCUT2D eigenvalue weighted by Crippen LogP contribution is 2.02. The molecule has 0 spiro atoms. The van der Waals surface area contributed by atoms with Gasteiger partial charge in [-0.25, -0.2) is 0 Å². The van der Waals surface area contributed by atoms with Gasteiger partial charge < -0.3 is 0 Å². The van der Waals surface area contributed by atoms with Crippen LogP contribution in [0.3, 0.4) is 0 Å². The number of nitrogens with zero attached hydrogens (tertiary/aromatic N) is 2. The zero-order valence-corrected chi connectivity index (χ0v) is 6.51. The molecule has 1 aromatic heterocycles. The van der Waals surface area contributed by atoms with Crippen LogP contribution >= 0.6 is 11.6 Å². The monoisotopic (exact) mass is 158 g/mol. The minimum atomic E-state index is -0.564. The average Bonchev–Trinajstić information content (AvgIpc) is 2.10. The van der Waals surface area contributed by atoms with Crippen molar-refractivity contribution < 1.29 is 4.79 Å². The molecule has 0 fully saturated rings. The zero-order valence-electron chi connectivity index (χ0n) is 5.76. The summed E-state index contributed by atoms with van der Waals surface area (Å²) in [6, 6.07) is 1.79. The van der Waals surface area contributed by atoms with Gasteiger partial charge in [0.1, 0.15) is 0 Å². The number of aromatic nitrogens is 2. The number of halogens is 1. The first-order chi connectivity index (χ1) is 4.61. The molecule has 0 atom stereocenters. The first kappa shape index (κ1) is 7.28. The Morgan fingerprint density at radius 1 is 1.70 bits per heavy atom. The summed E-state index contributed by atoms with van der Waals surface area (Å²) in [7, 11) is 0. The minimum Gasteiger partial charge on any atom is -0.253 e. The highest BCUT2D eigenvalue weighted by Gasteiger charge is 2.04. The predicted molar refractivity (Wildman–Crippen MR) is 38.3 cm³/mol. The van der Waals surface area contributed by atoms with Crippen molar-refractivity contribution in [3.05, 3.63) is 17.5 Å². The molecule has 3 nitrogen and oxygen atoms in total. The lowest BCUT2D eigenvalue weighted by Crippen LogP contribution is -2.05. The van der Waals surface area contributed by atoms with E-state index in [2.05, 4.69) is 5.10 Å². The molecule has 0 unspecified atom stereocenters. The molecule has 54 valence electrons. The van der Waals surface area contributed by atoms with Crippen LogP contribution in [0.25, 0.3) is 0 Å². The molecule has 10 heavy (non-hydrogen) atoms. The van der Waals surface area contributed by atoms with Gasteiger partial charge in [-0.15, -0.1) is 0 Å². The second-order valence-electron chi connectivity index (χ2n) is 2.09. The normalized spacial score (nSPS) is 9.90. The number of hydrogen-bond donors (Lipinski definition) is 0. The van der Waals surface area contributed by atoms with Crippen LogP contribution in [0, 0.1) is 13.8 Å². The Kier molecular flexibility index (Phi) is 1.76. The molecule has 0 bridgehead atoms. The van der Waals surface area contributed by atoms with E-state index in [1.807, 2.05) is 6.92 Å². The Balaban J connectivity index is 3.15. The van der Waals surface area contributed by atoms with Gasteiger partial charge in [0.15, 0.2) is 0 Å². The molecule has 0 radical (unpaired) electrons. The van der Waals surface area contributed by atoms with Gasteiger partial charge in [-0.05, 0) is 31.5 Å². The summed E-state index contributed by atoms with van der Waals surface area (Å²) >= 11 is 5.18. The lowest BCUT2D eigenvalue weighted by Gasteiger charge is -1.91. The molecule has 1 rings (SSSR count). The van der Waals surface area contributed by atoms with E-state index < -0.39 is 5.37 Å². The van der Waals surface area contributed by atoms with Crippen molar-refractivity contribution in [2.75, 3.05) is 0 Å². The maximum atomic E-state index is 10.5. The third-order valence-electron chi connectivity index (χ3n) is 1.18. The van der Waals surface area contributed by atoms with Crippen LogP contribution < -0.4 is 0 Å². The molecule has 0 aromatic carbocycles. The van der Waals surface area contributed by atoms with E-state index in [-0.39, 0.29) is 0 Å². The molecule has 1 aromatic rings. The Labute approximate surface area is 63.6 Å². The SMILES string of the molecule is Cc1cc(C)n(C(=O)Cl)n1. The summed E-state index contributed by atoms with van der Waals surface area (Å²) in [5.74, 6) is 0. The highest BCUT2D eigenvalue weighted by molar-refractivity contribution is 6.63. The Morgan fingerprint density at radius 2 is 2.30 bits per heavy atom. The van der Waals surface area contributed by atoms with Crippen molar-refractivity contribution in [2.24, 2.45) is 0 Å². The number of carbonyl (C=O) groups is 1. The molecule has 4 heteroatoms. The summed E-state index contributed by atoms with van der Waals surface area (Å²) in [5, 5.41) is 3.28. The Morgan fingerprint density at radius 3 is 2.50 bits per heavy atom. The van der Waals surface area contributed by atoms with E-state index in [4.69, 9.17) is 11.6 Å². The lowest BCUT2D eigenvalue weighted by atomic mass is 10.4. The fraction of sp³-hybridized carbons (Fsp3) is 0.333. The quantitative estimate of drug-likeness (QED) is 0.539. The third kappa shape index (κ3) is 1.19. The number of carbonyl (C=O) groups excluding carboxylic acids is 1. The van der Waals surface area contributed by atoms with Gasteiger partial charge in [0, 0.05) is 5.69 Å². The summed E-state index contributed by atoms with van der Waals surface area (Å²) in [4.78, 5) is 10.5. The smallest absolute Gasteiger partial charge is 0.253 e. The third-order valence-corrected chi connectivity index (χ3v) is 1.34. The summed E-state index contributed by atoms with van der Waals surface area (Å²) < 4.78 is 1.16. The number of aryl methyl sites for hydroxylation is 2. The van der Waals surface area contributed by atoms with Gasteiger partial charge in [0.2, 0.25) is 0 Å². The molecular weight excluding hydrogens is 152 g/mol. The molecule has 0 aliphatic rings. The largest absolute Gasteiger partial charge is 0.341 e. The van der Waals surface area contributed by atoms with Crippen LogP contribution in [0.2, 0.25) is 0 Å². The van der Waals surface area contributed by atoms with E-state index in [0.717, 1.165) is 16.1 Å². The molecule has 0 aliphatic carbocycles. The van der Waals surface area contributed by atoms with Crippen molar-refractivity contribution >= 4 is 17.0 Å². The highest BCUT2D eigenvalue weighted by atomic mass is 35.5. The molecule has 0 amide bonds. The van der Waals surface area contributed by atoms with Crippen LogP contribution in [0.5, 0.6) is 0 Å². The van der Waals surface area contributed by atoms with Gasteiger partial charge >= 0.3 is 5.37 Å². The van der Waals surface area contributed by atoms with E-state index >= 15 is 0 Å². The minimum absolute atomic E-state index is 0.564. The fourth-order valence-corrected chi connectivity index (χ4v) is 0.978. The standard InChI is InChI=1S/C6H7ClN2O/c1-4-3-5(2)9(8-4)6(7)10/h3H,1-2H3. The van der Waals surface area contributed by atoms with Crippen LogP contribution in [0.1, 0.15) is 11.4 Å². The van der Waals surface area contributed by atoms with E-state index in [1.54, 1.807) is 13.0 Å². The lowest BCUT2D eigenvalue weighted by molar-refractivity contribution is 0.258. The topological polar surface area (TPSA) is 34.9 Å². The van der Waals surface area contributed by atoms with Crippen LogP contribution in [-0.4, -0.2) is 15.1 Å². The summed E-state index contributed by atoms with van der Waals surface area (Å²) in [6.07, 6.45) is 0. The summed E-state index contributed by atoms with van der Waals surface area (Å²) in [5.41, 5.74) is 1.56. The van der Waals surface area contributed by atoms with Gasteiger partial charge in [-0.1, -0.05) is 0 Å². The molecule has 1 heterocycles. The Hall–Kier alpha value is -0.830. The van der Waals surface area contributed by atoms with Crippen LogP contribution in [0.4, 0.5) is 4.79 Å². The fourth-order valence-electron chi connectivity index (χ4n) is 0.807. The zero-order chi connectivity index (χ0) is 7.72. The second kappa shape index (κ2) is 2.42.